The smallest absolute Gasteiger partial charge is 0.435 e. The van der Waals surface area contributed by atoms with Crippen molar-refractivity contribution in [2.45, 2.75) is 19.1 Å². The largest absolute Gasteiger partial charge is 0.481 e. The molecule has 1 atom stereocenters. The van der Waals surface area contributed by atoms with Crippen molar-refractivity contribution in [1.82, 2.24) is 30.2 Å². The Balaban J connectivity index is 1.78. The van der Waals surface area contributed by atoms with Gasteiger partial charge in [0.15, 0.2) is 17.3 Å². The summed E-state index contributed by atoms with van der Waals surface area (Å²) in [5.74, 6) is -1.63. The molecule has 0 aliphatic carbocycles. The molecule has 9 nitrogen and oxygen atoms in total. The van der Waals surface area contributed by atoms with Gasteiger partial charge in [0.25, 0.3) is 11.8 Å². The lowest BCUT2D eigenvalue weighted by molar-refractivity contribution is -0.141. The lowest BCUT2D eigenvalue weighted by Crippen LogP contribution is -2.29. The molecule has 3 heterocycles. The number of rotatable bonds is 5. The van der Waals surface area contributed by atoms with Crippen LogP contribution in [0.5, 0.6) is 5.88 Å². The van der Waals surface area contributed by atoms with Crippen molar-refractivity contribution in [1.29, 1.82) is 0 Å². The van der Waals surface area contributed by atoms with Crippen molar-refractivity contribution in [2.75, 3.05) is 7.11 Å². The van der Waals surface area contributed by atoms with E-state index in [0.29, 0.717) is 6.07 Å². The summed E-state index contributed by atoms with van der Waals surface area (Å²) in [5, 5.41) is 9.38. The van der Waals surface area contributed by atoms with E-state index in [4.69, 9.17) is 9.26 Å². The lowest BCUT2D eigenvalue weighted by atomic mass is 10.2. The van der Waals surface area contributed by atoms with Crippen LogP contribution in [0.1, 0.15) is 35.0 Å². The quantitative estimate of drug-likeness (QED) is 0.639. The van der Waals surface area contributed by atoms with Gasteiger partial charge in [0.05, 0.1) is 24.9 Å². The normalized spacial score (nSPS) is 12.7. The molecule has 0 radical (unpaired) electrons. The Labute approximate surface area is 160 Å². The van der Waals surface area contributed by atoms with Gasteiger partial charge in [-0.3, -0.25) is 9.48 Å². The summed E-state index contributed by atoms with van der Waals surface area (Å²) in [5.41, 5.74) is -1.56. The molecule has 3 aromatic rings. The van der Waals surface area contributed by atoms with Gasteiger partial charge >= 0.3 is 6.18 Å². The molecular formula is C16H14F4N6O3. The number of carbonyl (C=O) groups is 1. The van der Waals surface area contributed by atoms with E-state index in [0.717, 1.165) is 10.9 Å². The van der Waals surface area contributed by atoms with Gasteiger partial charge in [-0.15, -0.1) is 0 Å². The minimum Gasteiger partial charge on any atom is -0.481 e. The third kappa shape index (κ3) is 4.17. The summed E-state index contributed by atoms with van der Waals surface area (Å²) in [6, 6.07) is 1.03. The fourth-order valence-electron chi connectivity index (χ4n) is 2.37. The van der Waals surface area contributed by atoms with Crippen LogP contribution in [0.4, 0.5) is 17.6 Å². The molecule has 0 aliphatic rings. The fourth-order valence-corrected chi connectivity index (χ4v) is 2.37. The van der Waals surface area contributed by atoms with E-state index in [2.05, 4.69) is 25.5 Å². The Kier molecular flexibility index (Phi) is 5.22. The number of aryl methyl sites for hydroxylation is 1. The van der Waals surface area contributed by atoms with E-state index >= 15 is 0 Å². The van der Waals surface area contributed by atoms with Crippen LogP contribution in [0.2, 0.25) is 0 Å². The second kappa shape index (κ2) is 7.48. The molecule has 0 spiro atoms. The van der Waals surface area contributed by atoms with Crippen molar-refractivity contribution in [2.24, 2.45) is 7.05 Å². The Bertz CT molecular complexity index is 1050. The predicted octanol–water partition coefficient (Wildman–Crippen LogP) is 2.52. The monoisotopic (exact) mass is 414 g/mol. The van der Waals surface area contributed by atoms with Crippen LogP contribution in [0, 0.1) is 5.82 Å². The van der Waals surface area contributed by atoms with Gasteiger partial charge in [-0.05, 0) is 6.92 Å². The SMILES string of the molecule is COc1cc(-c2nc(C(C)NC(=O)c3cc(C(F)(F)F)nn3C)no2)c(F)cn1. The van der Waals surface area contributed by atoms with Crippen molar-refractivity contribution in [3.8, 4) is 17.3 Å². The van der Waals surface area contributed by atoms with Crippen LogP contribution >= 0.6 is 0 Å². The number of pyridine rings is 1. The number of halogens is 4. The average Bonchev–Trinajstić information content (AvgIpc) is 3.29. The third-order valence-electron chi connectivity index (χ3n) is 3.85. The number of carbonyl (C=O) groups excluding carboxylic acids is 1. The Hall–Kier alpha value is -3.51. The molecule has 1 amide bonds. The van der Waals surface area contributed by atoms with Crippen LogP contribution in [0.3, 0.4) is 0 Å². The highest BCUT2D eigenvalue weighted by Crippen LogP contribution is 2.29. The van der Waals surface area contributed by atoms with Crippen LogP contribution in [-0.4, -0.2) is 37.9 Å². The zero-order valence-electron chi connectivity index (χ0n) is 15.3. The Morgan fingerprint density at radius 2 is 2.07 bits per heavy atom. The van der Waals surface area contributed by atoms with Crippen LogP contribution < -0.4 is 10.1 Å². The highest BCUT2D eigenvalue weighted by molar-refractivity contribution is 5.92. The molecule has 1 N–H and O–H groups in total. The first-order chi connectivity index (χ1) is 13.6. The predicted molar refractivity (Wildman–Crippen MR) is 88.1 cm³/mol. The van der Waals surface area contributed by atoms with Gasteiger partial charge in [-0.25, -0.2) is 9.37 Å². The number of nitrogens with zero attached hydrogens (tertiary/aromatic N) is 5. The average molecular weight is 414 g/mol. The molecule has 154 valence electrons. The molecule has 0 bridgehead atoms. The molecule has 0 aliphatic heterocycles. The Morgan fingerprint density at radius 1 is 1.34 bits per heavy atom. The maximum Gasteiger partial charge on any atom is 0.435 e. The van der Waals surface area contributed by atoms with Gasteiger partial charge in [-0.1, -0.05) is 5.16 Å². The number of methoxy groups -OCH3 is 1. The first-order valence-electron chi connectivity index (χ1n) is 8.05. The molecule has 13 heteroatoms. The summed E-state index contributed by atoms with van der Waals surface area (Å²) in [4.78, 5) is 20.0. The van der Waals surface area contributed by atoms with Crippen LogP contribution in [-0.2, 0) is 13.2 Å². The van der Waals surface area contributed by atoms with E-state index in [1.54, 1.807) is 0 Å². The summed E-state index contributed by atoms with van der Waals surface area (Å²) in [6.07, 6.45) is -3.76. The number of nitrogens with one attached hydrogen (secondary N) is 1. The molecular weight excluding hydrogens is 400 g/mol. The zero-order chi connectivity index (χ0) is 21.3. The van der Waals surface area contributed by atoms with Crippen molar-refractivity contribution < 1.29 is 31.6 Å². The number of alkyl halides is 3. The maximum atomic E-state index is 14.0. The molecule has 29 heavy (non-hydrogen) atoms. The molecule has 3 rings (SSSR count). The summed E-state index contributed by atoms with van der Waals surface area (Å²) in [6.45, 7) is 1.48. The molecule has 1 unspecified atom stereocenters. The first-order valence-corrected chi connectivity index (χ1v) is 8.05. The number of ether oxygens (including phenoxy) is 1. The van der Waals surface area contributed by atoms with E-state index in [9.17, 15) is 22.4 Å². The third-order valence-corrected chi connectivity index (χ3v) is 3.85. The second-order valence-corrected chi connectivity index (χ2v) is 5.90. The van der Waals surface area contributed by atoms with Gasteiger partial charge in [0.2, 0.25) is 5.88 Å². The molecule has 0 saturated heterocycles. The van der Waals surface area contributed by atoms with Crippen LogP contribution in [0.25, 0.3) is 11.5 Å². The first kappa shape index (κ1) is 20.2. The van der Waals surface area contributed by atoms with Gasteiger partial charge in [-0.2, -0.15) is 23.3 Å². The second-order valence-electron chi connectivity index (χ2n) is 5.90. The summed E-state index contributed by atoms with van der Waals surface area (Å²) in [7, 11) is 2.56. The van der Waals surface area contributed by atoms with Crippen molar-refractivity contribution >= 4 is 5.91 Å². The zero-order valence-corrected chi connectivity index (χ0v) is 15.3. The van der Waals surface area contributed by atoms with E-state index < -0.39 is 29.6 Å². The highest BCUT2D eigenvalue weighted by atomic mass is 19.4. The van der Waals surface area contributed by atoms with E-state index in [-0.39, 0.29) is 28.9 Å². The minimum atomic E-state index is -4.68. The molecule has 3 aromatic heterocycles. The molecule has 0 saturated carbocycles. The molecule has 0 fully saturated rings. The van der Waals surface area contributed by atoms with Crippen molar-refractivity contribution in [3.05, 3.63) is 41.4 Å². The summed E-state index contributed by atoms with van der Waals surface area (Å²) >= 11 is 0. The standard InChI is InChI=1S/C16H14F4N6O3/c1-7(22-14(27)10-5-11(16(18,19)20)24-26(10)2)13-23-15(29-25-13)8-4-12(28-3)21-6-9(8)17/h4-7H,1-3H3,(H,22,27). The van der Waals surface area contributed by atoms with E-state index in [1.165, 1.54) is 27.1 Å². The maximum absolute atomic E-state index is 14.0. The lowest BCUT2D eigenvalue weighted by Gasteiger charge is -2.09. The number of aromatic nitrogens is 5. The number of hydrogen-bond acceptors (Lipinski definition) is 7. The fraction of sp³-hybridized carbons (Fsp3) is 0.312. The minimum absolute atomic E-state index is 0.0123. The molecule has 0 aromatic carbocycles. The van der Waals surface area contributed by atoms with E-state index in [1.807, 2.05) is 0 Å². The summed E-state index contributed by atoms with van der Waals surface area (Å²) < 4.78 is 62.9. The van der Waals surface area contributed by atoms with Gasteiger partial charge < -0.3 is 14.6 Å². The highest BCUT2D eigenvalue weighted by Gasteiger charge is 2.35. The Morgan fingerprint density at radius 3 is 2.69 bits per heavy atom. The van der Waals surface area contributed by atoms with Crippen molar-refractivity contribution in [3.63, 3.8) is 0 Å². The number of hydrogen-bond donors (Lipinski definition) is 1. The van der Waals surface area contributed by atoms with Gasteiger partial charge in [0.1, 0.15) is 5.69 Å². The number of amides is 1. The van der Waals surface area contributed by atoms with Crippen LogP contribution in [0.15, 0.2) is 22.9 Å². The topological polar surface area (TPSA) is 108 Å². The van der Waals surface area contributed by atoms with Gasteiger partial charge in [0, 0.05) is 19.2 Å².